The summed E-state index contributed by atoms with van der Waals surface area (Å²) in [5.41, 5.74) is 8.76. The maximum atomic E-state index is 12.4. The predicted octanol–water partition coefficient (Wildman–Crippen LogP) is 4.46. The number of nitrogens with zero attached hydrogens (tertiary/aromatic N) is 2. The van der Waals surface area contributed by atoms with Crippen LogP contribution in [0.2, 0.25) is 10.0 Å². The third-order valence-corrected chi connectivity index (χ3v) is 5.45. The van der Waals surface area contributed by atoms with E-state index in [1.807, 2.05) is 6.92 Å². The molecular formula is C21H14Cl2N4O3. The van der Waals surface area contributed by atoms with E-state index in [4.69, 9.17) is 38.4 Å². The van der Waals surface area contributed by atoms with E-state index in [2.05, 4.69) is 16.3 Å². The summed E-state index contributed by atoms with van der Waals surface area (Å²) >= 11 is 11.8. The lowest BCUT2D eigenvalue weighted by Gasteiger charge is -2.23. The van der Waals surface area contributed by atoms with Gasteiger partial charge >= 0.3 is 5.97 Å². The van der Waals surface area contributed by atoms with Gasteiger partial charge in [0.25, 0.3) is 0 Å². The van der Waals surface area contributed by atoms with Crippen LogP contribution in [0.5, 0.6) is 11.6 Å². The standard InChI is InChI=1S/C21H14Cl2N4O3/c1-10-17-18(14(9-24)19(25)30-20(17)27-26-10)11-2-5-13(6-3-11)29-21(28)12-4-7-15(22)16(23)8-12/h2-8,18H,25H2,1H3,(H,26,27). The minimum absolute atomic E-state index is 0.0108. The Morgan fingerprint density at radius 3 is 2.63 bits per heavy atom. The summed E-state index contributed by atoms with van der Waals surface area (Å²) in [7, 11) is 0. The molecule has 0 amide bonds. The molecule has 1 unspecified atom stereocenters. The van der Waals surface area contributed by atoms with E-state index >= 15 is 0 Å². The van der Waals surface area contributed by atoms with Gasteiger partial charge in [-0.25, -0.2) is 4.79 Å². The molecule has 1 atom stereocenters. The number of esters is 1. The summed E-state index contributed by atoms with van der Waals surface area (Å²) in [6.07, 6.45) is 0. The molecule has 3 N–H and O–H groups in total. The number of rotatable bonds is 3. The molecule has 30 heavy (non-hydrogen) atoms. The number of aromatic nitrogens is 2. The normalized spacial score (nSPS) is 15.2. The van der Waals surface area contributed by atoms with Crippen molar-refractivity contribution in [3.63, 3.8) is 0 Å². The molecule has 0 bridgehead atoms. The van der Waals surface area contributed by atoms with E-state index in [1.165, 1.54) is 18.2 Å². The van der Waals surface area contributed by atoms with Gasteiger partial charge in [-0.3, -0.25) is 5.10 Å². The maximum Gasteiger partial charge on any atom is 0.343 e. The Balaban J connectivity index is 1.62. The van der Waals surface area contributed by atoms with Crippen LogP contribution in [0.3, 0.4) is 0 Å². The molecule has 2 heterocycles. The van der Waals surface area contributed by atoms with Gasteiger partial charge in [0.2, 0.25) is 11.8 Å². The summed E-state index contributed by atoms with van der Waals surface area (Å²) < 4.78 is 10.9. The molecule has 150 valence electrons. The number of allylic oxidation sites excluding steroid dienone is 1. The van der Waals surface area contributed by atoms with Gasteiger partial charge in [0.15, 0.2) is 0 Å². The zero-order chi connectivity index (χ0) is 21.4. The Bertz CT molecular complexity index is 1230. The number of fused-ring (bicyclic) bond motifs is 1. The van der Waals surface area contributed by atoms with Gasteiger partial charge in [0, 0.05) is 11.3 Å². The number of halogens is 2. The Morgan fingerprint density at radius 2 is 1.97 bits per heavy atom. The highest BCUT2D eigenvalue weighted by Gasteiger charge is 2.34. The van der Waals surface area contributed by atoms with Gasteiger partial charge in [0.05, 0.1) is 21.5 Å². The molecule has 1 aliphatic rings. The van der Waals surface area contributed by atoms with Crippen LogP contribution in [0.15, 0.2) is 53.9 Å². The van der Waals surface area contributed by atoms with Crippen LogP contribution in [-0.4, -0.2) is 16.2 Å². The van der Waals surface area contributed by atoms with Crippen LogP contribution in [-0.2, 0) is 0 Å². The molecule has 0 radical (unpaired) electrons. The highest BCUT2D eigenvalue weighted by atomic mass is 35.5. The number of nitrogens with two attached hydrogens (primary N) is 1. The van der Waals surface area contributed by atoms with Gasteiger partial charge in [-0.05, 0) is 42.8 Å². The third-order valence-electron chi connectivity index (χ3n) is 4.71. The number of benzene rings is 2. The maximum absolute atomic E-state index is 12.4. The van der Waals surface area contributed by atoms with Gasteiger partial charge in [0.1, 0.15) is 17.4 Å². The Morgan fingerprint density at radius 1 is 1.23 bits per heavy atom. The van der Waals surface area contributed by atoms with E-state index in [1.54, 1.807) is 24.3 Å². The lowest BCUT2D eigenvalue weighted by molar-refractivity contribution is 0.0734. The molecule has 0 saturated heterocycles. The number of carbonyl (C=O) groups is 1. The van der Waals surface area contributed by atoms with Crippen LogP contribution in [0.4, 0.5) is 0 Å². The van der Waals surface area contributed by atoms with Crippen LogP contribution in [0, 0.1) is 18.3 Å². The molecule has 4 rings (SSSR count). The van der Waals surface area contributed by atoms with E-state index in [0.29, 0.717) is 16.7 Å². The highest BCUT2D eigenvalue weighted by molar-refractivity contribution is 6.42. The fourth-order valence-corrected chi connectivity index (χ4v) is 3.55. The summed E-state index contributed by atoms with van der Waals surface area (Å²) in [4.78, 5) is 12.4. The van der Waals surface area contributed by atoms with Crippen molar-refractivity contribution in [3.8, 4) is 17.7 Å². The fraction of sp³-hybridized carbons (Fsp3) is 0.0952. The minimum atomic E-state index is -0.567. The van der Waals surface area contributed by atoms with Crippen molar-refractivity contribution in [2.75, 3.05) is 0 Å². The molecular weight excluding hydrogens is 427 g/mol. The van der Waals surface area contributed by atoms with Crippen molar-refractivity contribution >= 4 is 29.2 Å². The number of carbonyl (C=O) groups excluding carboxylic acids is 1. The third kappa shape index (κ3) is 3.47. The molecule has 0 spiro atoms. The predicted molar refractivity (Wildman–Crippen MR) is 110 cm³/mol. The number of H-pyrrole nitrogens is 1. The van der Waals surface area contributed by atoms with Crippen molar-refractivity contribution < 1.29 is 14.3 Å². The number of nitrogens with one attached hydrogen (secondary N) is 1. The van der Waals surface area contributed by atoms with Crippen molar-refractivity contribution in [1.82, 2.24) is 10.2 Å². The topological polar surface area (TPSA) is 114 Å². The molecule has 0 saturated carbocycles. The second kappa shape index (κ2) is 7.75. The first kappa shape index (κ1) is 19.8. The number of nitriles is 1. The molecule has 0 fully saturated rings. The summed E-state index contributed by atoms with van der Waals surface area (Å²) in [5.74, 6) is -0.332. The average Bonchev–Trinajstić information content (AvgIpc) is 3.09. The van der Waals surface area contributed by atoms with Crippen molar-refractivity contribution in [3.05, 3.63) is 86.4 Å². The van der Waals surface area contributed by atoms with Crippen molar-refractivity contribution in [2.45, 2.75) is 12.8 Å². The van der Waals surface area contributed by atoms with Gasteiger partial charge in [-0.2, -0.15) is 5.26 Å². The Kier molecular flexibility index (Phi) is 5.12. The van der Waals surface area contributed by atoms with Crippen LogP contribution in [0.25, 0.3) is 0 Å². The quantitative estimate of drug-likeness (QED) is 0.458. The second-order valence-corrected chi connectivity index (χ2v) is 7.39. The Hall–Kier alpha value is -3.47. The van der Waals surface area contributed by atoms with Crippen molar-refractivity contribution in [1.29, 1.82) is 5.26 Å². The summed E-state index contributed by atoms with van der Waals surface area (Å²) in [6, 6.07) is 13.4. The number of ether oxygens (including phenoxy) is 2. The monoisotopic (exact) mass is 440 g/mol. The average molecular weight is 441 g/mol. The molecule has 2 aromatic carbocycles. The second-order valence-electron chi connectivity index (χ2n) is 6.58. The molecule has 1 aliphatic heterocycles. The zero-order valence-corrected chi connectivity index (χ0v) is 17.1. The van der Waals surface area contributed by atoms with E-state index < -0.39 is 11.9 Å². The number of aromatic amines is 1. The van der Waals surface area contributed by atoms with Gasteiger partial charge in [-0.15, -0.1) is 5.10 Å². The Labute approximate surface area is 181 Å². The van der Waals surface area contributed by atoms with Crippen molar-refractivity contribution in [2.24, 2.45) is 5.73 Å². The van der Waals surface area contributed by atoms with Crippen LogP contribution < -0.4 is 15.2 Å². The van der Waals surface area contributed by atoms with Crippen LogP contribution >= 0.6 is 23.2 Å². The first-order valence-corrected chi connectivity index (χ1v) is 9.54. The molecule has 7 nitrogen and oxygen atoms in total. The first-order valence-electron chi connectivity index (χ1n) is 8.78. The molecule has 1 aromatic heterocycles. The highest BCUT2D eigenvalue weighted by Crippen LogP contribution is 2.42. The molecule has 3 aromatic rings. The number of hydrogen-bond donors (Lipinski definition) is 2. The lowest BCUT2D eigenvalue weighted by atomic mass is 9.84. The van der Waals surface area contributed by atoms with E-state index in [0.717, 1.165) is 16.8 Å². The molecule has 0 aliphatic carbocycles. The van der Waals surface area contributed by atoms with Gasteiger partial charge < -0.3 is 15.2 Å². The summed E-state index contributed by atoms with van der Waals surface area (Å²) in [5, 5.41) is 17.2. The first-order chi connectivity index (χ1) is 14.4. The molecule has 9 heteroatoms. The smallest absolute Gasteiger partial charge is 0.343 e. The number of aryl methyl sites for hydroxylation is 1. The zero-order valence-electron chi connectivity index (χ0n) is 15.6. The van der Waals surface area contributed by atoms with E-state index in [9.17, 15) is 10.1 Å². The minimum Gasteiger partial charge on any atom is -0.423 e. The van der Waals surface area contributed by atoms with E-state index in [-0.39, 0.29) is 22.0 Å². The fourth-order valence-electron chi connectivity index (χ4n) is 3.25. The van der Waals surface area contributed by atoms with Crippen LogP contribution in [0.1, 0.15) is 33.1 Å². The SMILES string of the molecule is Cc1[nH]nc2c1C(c1ccc(OC(=O)c3ccc(Cl)c(Cl)c3)cc1)C(C#N)=C(N)O2. The largest absolute Gasteiger partial charge is 0.423 e. The number of hydrogen-bond acceptors (Lipinski definition) is 6. The summed E-state index contributed by atoms with van der Waals surface area (Å²) in [6.45, 7) is 1.84. The lowest BCUT2D eigenvalue weighted by Crippen LogP contribution is -2.21. The van der Waals surface area contributed by atoms with Gasteiger partial charge in [-0.1, -0.05) is 35.3 Å².